The lowest BCUT2D eigenvalue weighted by Gasteiger charge is -2.31. The smallest absolute Gasteiger partial charge is 0.225 e. The molecular formula is C12H13ClN4OS. The van der Waals surface area contributed by atoms with E-state index in [9.17, 15) is 4.21 Å². The summed E-state index contributed by atoms with van der Waals surface area (Å²) in [6.45, 7) is 3.39. The summed E-state index contributed by atoms with van der Waals surface area (Å²) in [6, 6.07) is 3.69. The Morgan fingerprint density at radius 1 is 1.47 bits per heavy atom. The van der Waals surface area contributed by atoms with E-state index in [0.717, 1.165) is 16.9 Å². The van der Waals surface area contributed by atoms with Crippen molar-refractivity contribution in [1.82, 2.24) is 15.0 Å². The van der Waals surface area contributed by atoms with Gasteiger partial charge in [-0.1, -0.05) is 0 Å². The molecule has 1 fully saturated rings. The molecule has 1 aliphatic rings. The predicted octanol–water partition coefficient (Wildman–Crippen LogP) is 1.64. The van der Waals surface area contributed by atoms with Gasteiger partial charge in [-0.15, -0.1) is 0 Å². The van der Waals surface area contributed by atoms with Crippen LogP contribution in [-0.2, 0) is 10.8 Å². The fraction of sp³-hybridized carbons (Fsp3) is 0.417. The van der Waals surface area contributed by atoms with Gasteiger partial charge in [0, 0.05) is 41.1 Å². The van der Waals surface area contributed by atoms with Crippen LogP contribution in [0.4, 0.5) is 5.82 Å². The summed E-state index contributed by atoms with van der Waals surface area (Å²) < 4.78 is 11.7. The van der Waals surface area contributed by atoms with Gasteiger partial charge in [0.25, 0.3) is 0 Å². The van der Waals surface area contributed by atoms with Crippen molar-refractivity contribution in [2.75, 3.05) is 23.7 Å². The Morgan fingerprint density at radius 2 is 2.32 bits per heavy atom. The van der Waals surface area contributed by atoms with Gasteiger partial charge < -0.3 is 4.90 Å². The lowest BCUT2D eigenvalue weighted by atomic mass is 10.3. The zero-order valence-electron chi connectivity index (χ0n) is 10.4. The van der Waals surface area contributed by atoms with Crippen molar-refractivity contribution in [3.05, 3.63) is 23.6 Å². The van der Waals surface area contributed by atoms with Crippen LogP contribution in [0, 0.1) is 0 Å². The topological polar surface area (TPSA) is 59.0 Å². The number of halogens is 1. The van der Waals surface area contributed by atoms with Gasteiger partial charge in [0.1, 0.15) is 5.52 Å². The average molecular weight is 297 g/mol. The molecule has 2 atom stereocenters. The van der Waals surface area contributed by atoms with Gasteiger partial charge in [-0.2, -0.15) is 4.98 Å². The van der Waals surface area contributed by atoms with Gasteiger partial charge in [-0.3, -0.25) is 9.19 Å². The molecule has 2 aromatic rings. The van der Waals surface area contributed by atoms with Gasteiger partial charge in [0.15, 0.2) is 5.82 Å². The highest BCUT2D eigenvalue weighted by Gasteiger charge is 2.25. The van der Waals surface area contributed by atoms with Gasteiger partial charge in [-0.05, 0) is 30.7 Å². The molecule has 5 nitrogen and oxygen atoms in total. The van der Waals surface area contributed by atoms with E-state index in [2.05, 4.69) is 19.9 Å². The highest BCUT2D eigenvalue weighted by atomic mass is 35.5. The minimum Gasteiger partial charge on any atom is -0.353 e. The average Bonchev–Trinajstić information content (AvgIpc) is 2.41. The summed E-state index contributed by atoms with van der Waals surface area (Å²) >= 11 is 5.97. The molecule has 2 aromatic heterocycles. The first-order valence-corrected chi connectivity index (χ1v) is 7.81. The molecule has 0 aromatic carbocycles. The first-order valence-electron chi connectivity index (χ1n) is 6.05. The molecule has 2 unspecified atom stereocenters. The summed E-state index contributed by atoms with van der Waals surface area (Å²) in [6.07, 6.45) is 1.72. The summed E-state index contributed by atoms with van der Waals surface area (Å²) in [4.78, 5) is 14.9. The second-order valence-electron chi connectivity index (χ2n) is 4.53. The largest absolute Gasteiger partial charge is 0.353 e. The molecule has 1 aliphatic heterocycles. The Kier molecular flexibility index (Phi) is 3.36. The molecule has 0 aliphatic carbocycles. The molecule has 100 valence electrons. The van der Waals surface area contributed by atoms with Crippen LogP contribution < -0.4 is 4.90 Å². The van der Waals surface area contributed by atoms with Crippen LogP contribution in [0.1, 0.15) is 6.92 Å². The summed E-state index contributed by atoms with van der Waals surface area (Å²) in [5.41, 5.74) is 1.48. The van der Waals surface area contributed by atoms with Gasteiger partial charge in [0.2, 0.25) is 5.28 Å². The van der Waals surface area contributed by atoms with Gasteiger partial charge in [0.05, 0.1) is 5.52 Å². The molecule has 0 radical (unpaired) electrons. The molecule has 0 bridgehead atoms. The van der Waals surface area contributed by atoms with Gasteiger partial charge >= 0.3 is 0 Å². The summed E-state index contributed by atoms with van der Waals surface area (Å²) in [5, 5.41) is 0.344. The predicted molar refractivity (Wildman–Crippen MR) is 77.0 cm³/mol. The standard InChI is InChI=1S/C12H13ClN4OS/c1-8-7-17(5-6-19(8)18)11-10-9(3-2-4-14-10)15-12(13)16-11/h2-4,8H,5-7H2,1H3. The van der Waals surface area contributed by atoms with Crippen molar-refractivity contribution in [3.8, 4) is 0 Å². The number of rotatable bonds is 1. The Balaban J connectivity index is 2.07. The molecule has 1 saturated heterocycles. The number of pyridine rings is 1. The van der Waals surface area contributed by atoms with E-state index in [0.29, 0.717) is 18.8 Å². The number of hydrogen-bond donors (Lipinski definition) is 0. The molecule has 0 N–H and O–H groups in total. The zero-order chi connectivity index (χ0) is 13.4. The number of anilines is 1. The molecule has 3 rings (SSSR count). The lowest BCUT2D eigenvalue weighted by molar-refractivity contribution is 0.653. The van der Waals surface area contributed by atoms with Crippen LogP contribution in [0.25, 0.3) is 11.0 Å². The third-order valence-electron chi connectivity index (χ3n) is 3.20. The minimum absolute atomic E-state index is 0.126. The van der Waals surface area contributed by atoms with Crippen molar-refractivity contribution in [2.45, 2.75) is 12.2 Å². The van der Waals surface area contributed by atoms with E-state index >= 15 is 0 Å². The second-order valence-corrected chi connectivity index (χ2v) is 6.84. The zero-order valence-corrected chi connectivity index (χ0v) is 12.0. The fourth-order valence-electron chi connectivity index (χ4n) is 2.22. The summed E-state index contributed by atoms with van der Waals surface area (Å²) in [7, 11) is -0.757. The minimum atomic E-state index is -0.757. The lowest BCUT2D eigenvalue weighted by Crippen LogP contribution is -2.43. The summed E-state index contributed by atoms with van der Waals surface area (Å²) in [5.74, 6) is 1.39. The quantitative estimate of drug-likeness (QED) is 0.749. The molecule has 0 saturated carbocycles. The molecular weight excluding hydrogens is 284 g/mol. The molecule has 3 heterocycles. The van der Waals surface area contributed by atoms with Crippen molar-refractivity contribution in [2.24, 2.45) is 0 Å². The number of aromatic nitrogens is 3. The van der Waals surface area contributed by atoms with E-state index in [4.69, 9.17) is 11.6 Å². The van der Waals surface area contributed by atoms with Crippen LogP contribution in [0.3, 0.4) is 0 Å². The Hall–Kier alpha value is -1.27. The Morgan fingerprint density at radius 3 is 3.11 bits per heavy atom. The number of nitrogens with zero attached hydrogens (tertiary/aromatic N) is 4. The van der Waals surface area contributed by atoms with Crippen molar-refractivity contribution in [3.63, 3.8) is 0 Å². The van der Waals surface area contributed by atoms with Crippen LogP contribution in [0.15, 0.2) is 18.3 Å². The third-order valence-corrected chi connectivity index (χ3v) is 5.00. The maximum Gasteiger partial charge on any atom is 0.225 e. The van der Waals surface area contributed by atoms with Crippen LogP contribution in [-0.4, -0.2) is 43.3 Å². The van der Waals surface area contributed by atoms with Crippen molar-refractivity contribution in [1.29, 1.82) is 0 Å². The number of hydrogen-bond acceptors (Lipinski definition) is 5. The maximum absolute atomic E-state index is 11.7. The van der Waals surface area contributed by atoms with E-state index in [1.54, 1.807) is 6.20 Å². The fourth-order valence-corrected chi connectivity index (χ4v) is 3.54. The SMILES string of the molecule is CC1CN(c2nc(Cl)nc3cccnc23)CCS1=O. The second kappa shape index (κ2) is 5.02. The van der Waals surface area contributed by atoms with Gasteiger partial charge in [-0.25, -0.2) is 4.98 Å². The van der Waals surface area contributed by atoms with E-state index in [-0.39, 0.29) is 10.5 Å². The van der Waals surface area contributed by atoms with Crippen molar-refractivity contribution >= 4 is 39.3 Å². The highest BCUT2D eigenvalue weighted by molar-refractivity contribution is 7.85. The maximum atomic E-state index is 11.7. The van der Waals surface area contributed by atoms with Crippen molar-refractivity contribution < 1.29 is 4.21 Å². The van der Waals surface area contributed by atoms with Crippen LogP contribution in [0.5, 0.6) is 0 Å². The Bertz CT molecular complexity index is 651. The molecule has 19 heavy (non-hydrogen) atoms. The first-order chi connectivity index (χ1) is 9.15. The van der Waals surface area contributed by atoms with Crippen LogP contribution >= 0.6 is 11.6 Å². The molecule has 0 spiro atoms. The van der Waals surface area contributed by atoms with E-state index in [1.165, 1.54) is 0 Å². The van der Waals surface area contributed by atoms with Crippen LogP contribution in [0.2, 0.25) is 5.28 Å². The third kappa shape index (κ3) is 2.42. The molecule has 0 amide bonds. The van der Waals surface area contributed by atoms with E-state index in [1.807, 2.05) is 19.1 Å². The normalized spacial score (nSPS) is 23.8. The van der Waals surface area contributed by atoms with E-state index < -0.39 is 10.8 Å². The number of fused-ring (bicyclic) bond motifs is 1. The first kappa shape index (κ1) is 12.7. The highest BCUT2D eigenvalue weighted by Crippen LogP contribution is 2.25. The Labute approximate surface area is 118 Å². The molecule has 7 heteroatoms. The monoisotopic (exact) mass is 296 g/mol.